The van der Waals surface area contributed by atoms with Crippen LogP contribution in [-0.2, 0) is 11.3 Å². The third-order valence-corrected chi connectivity index (χ3v) is 4.41. The molecule has 0 atom stereocenters. The van der Waals surface area contributed by atoms with Gasteiger partial charge >= 0.3 is 0 Å². The molecule has 0 saturated carbocycles. The van der Waals surface area contributed by atoms with Gasteiger partial charge in [-0.15, -0.1) is 0 Å². The SMILES string of the molecule is N#Cc1cccc(CNC(=O)CC2CCSCC2)c1. The van der Waals surface area contributed by atoms with Gasteiger partial charge in [0.05, 0.1) is 11.6 Å². The second-order valence-corrected chi connectivity index (χ2v) is 6.07. The summed E-state index contributed by atoms with van der Waals surface area (Å²) in [5.41, 5.74) is 1.61. The summed E-state index contributed by atoms with van der Waals surface area (Å²) >= 11 is 1.98. The predicted molar refractivity (Wildman–Crippen MR) is 77.7 cm³/mol. The van der Waals surface area contributed by atoms with Crippen molar-refractivity contribution in [1.82, 2.24) is 5.32 Å². The van der Waals surface area contributed by atoms with Crippen molar-refractivity contribution in [2.45, 2.75) is 25.8 Å². The van der Waals surface area contributed by atoms with E-state index in [1.165, 1.54) is 11.5 Å². The van der Waals surface area contributed by atoms with Crippen molar-refractivity contribution in [3.05, 3.63) is 35.4 Å². The summed E-state index contributed by atoms with van der Waals surface area (Å²) in [5, 5.41) is 11.8. The minimum Gasteiger partial charge on any atom is -0.352 e. The zero-order valence-corrected chi connectivity index (χ0v) is 11.7. The minimum absolute atomic E-state index is 0.124. The van der Waals surface area contributed by atoms with Gasteiger partial charge in [0.2, 0.25) is 5.91 Å². The summed E-state index contributed by atoms with van der Waals surface area (Å²) < 4.78 is 0. The third-order valence-electron chi connectivity index (χ3n) is 3.36. The van der Waals surface area contributed by atoms with Gasteiger partial charge in [0.25, 0.3) is 0 Å². The van der Waals surface area contributed by atoms with Crippen LogP contribution in [0.25, 0.3) is 0 Å². The fourth-order valence-corrected chi connectivity index (χ4v) is 3.44. The van der Waals surface area contributed by atoms with Crippen LogP contribution in [-0.4, -0.2) is 17.4 Å². The Morgan fingerprint density at radius 1 is 1.42 bits per heavy atom. The van der Waals surface area contributed by atoms with E-state index in [0.29, 0.717) is 24.4 Å². The molecule has 1 heterocycles. The van der Waals surface area contributed by atoms with Gasteiger partial charge in [-0.05, 0) is 48.0 Å². The molecule has 1 saturated heterocycles. The van der Waals surface area contributed by atoms with Crippen LogP contribution >= 0.6 is 11.8 Å². The lowest BCUT2D eigenvalue weighted by Crippen LogP contribution is -2.26. The molecule has 1 aromatic carbocycles. The number of nitrogens with one attached hydrogen (secondary N) is 1. The molecule has 1 aromatic rings. The first-order valence-electron chi connectivity index (χ1n) is 6.61. The maximum atomic E-state index is 11.9. The van der Waals surface area contributed by atoms with Gasteiger partial charge in [-0.3, -0.25) is 4.79 Å². The molecule has 2 rings (SSSR count). The number of thioether (sulfide) groups is 1. The predicted octanol–water partition coefficient (Wildman–Crippen LogP) is 2.71. The van der Waals surface area contributed by atoms with Crippen molar-refractivity contribution < 1.29 is 4.79 Å². The Kier molecular flexibility index (Phi) is 5.29. The Balaban J connectivity index is 1.78. The normalized spacial score (nSPS) is 15.7. The Bertz CT molecular complexity index is 475. The molecule has 1 fully saturated rings. The maximum Gasteiger partial charge on any atom is 0.220 e. The van der Waals surface area contributed by atoms with E-state index in [4.69, 9.17) is 5.26 Å². The van der Waals surface area contributed by atoms with E-state index < -0.39 is 0 Å². The van der Waals surface area contributed by atoms with Crippen molar-refractivity contribution in [2.24, 2.45) is 5.92 Å². The molecule has 1 aliphatic heterocycles. The van der Waals surface area contributed by atoms with Crippen LogP contribution in [0.4, 0.5) is 0 Å². The molecule has 0 bridgehead atoms. The Morgan fingerprint density at radius 2 is 2.21 bits per heavy atom. The number of amides is 1. The summed E-state index contributed by atoms with van der Waals surface area (Å²) in [6.45, 7) is 0.510. The molecule has 3 nitrogen and oxygen atoms in total. The van der Waals surface area contributed by atoms with E-state index in [0.717, 1.165) is 18.4 Å². The van der Waals surface area contributed by atoms with Gasteiger partial charge in [0.1, 0.15) is 0 Å². The lowest BCUT2D eigenvalue weighted by atomic mass is 9.98. The summed E-state index contributed by atoms with van der Waals surface area (Å²) in [6.07, 6.45) is 2.95. The Hall–Kier alpha value is -1.47. The number of hydrogen-bond acceptors (Lipinski definition) is 3. The van der Waals surface area contributed by atoms with Gasteiger partial charge in [-0.25, -0.2) is 0 Å². The highest BCUT2D eigenvalue weighted by Gasteiger charge is 2.16. The van der Waals surface area contributed by atoms with Gasteiger partial charge in [0, 0.05) is 13.0 Å². The van der Waals surface area contributed by atoms with E-state index in [9.17, 15) is 4.79 Å². The molecule has 0 spiro atoms. The Labute approximate surface area is 118 Å². The molecule has 1 N–H and O–H groups in total. The third kappa shape index (κ3) is 4.60. The molecule has 0 unspecified atom stereocenters. The summed E-state index contributed by atoms with van der Waals surface area (Å²) in [5.74, 6) is 3.04. The van der Waals surface area contributed by atoms with Crippen molar-refractivity contribution >= 4 is 17.7 Å². The molecule has 19 heavy (non-hydrogen) atoms. The highest BCUT2D eigenvalue weighted by molar-refractivity contribution is 7.99. The lowest BCUT2D eigenvalue weighted by Gasteiger charge is -2.20. The van der Waals surface area contributed by atoms with Crippen LogP contribution in [0.2, 0.25) is 0 Å². The van der Waals surface area contributed by atoms with E-state index >= 15 is 0 Å². The average molecular weight is 274 g/mol. The van der Waals surface area contributed by atoms with E-state index in [1.807, 2.05) is 30.0 Å². The van der Waals surface area contributed by atoms with Crippen LogP contribution in [0.3, 0.4) is 0 Å². The van der Waals surface area contributed by atoms with Gasteiger partial charge in [-0.1, -0.05) is 12.1 Å². The van der Waals surface area contributed by atoms with Gasteiger partial charge < -0.3 is 5.32 Å². The van der Waals surface area contributed by atoms with Crippen LogP contribution in [0.1, 0.15) is 30.4 Å². The second kappa shape index (κ2) is 7.20. The highest BCUT2D eigenvalue weighted by atomic mass is 32.2. The van der Waals surface area contributed by atoms with E-state index in [-0.39, 0.29) is 5.91 Å². The fourth-order valence-electron chi connectivity index (χ4n) is 2.24. The first-order valence-corrected chi connectivity index (χ1v) is 7.77. The summed E-state index contributed by atoms with van der Waals surface area (Å²) in [7, 11) is 0. The molecular weight excluding hydrogens is 256 g/mol. The molecule has 0 aliphatic carbocycles. The monoisotopic (exact) mass is 274 g/mol. The topological polar surface area (TPSA) is 52.9 Å². The van der Waals surface area contributed by atoms with Crippen LogP contribution in [0, 0.1) is 17.2 Å². The molecule has 100 valence electrons. The maximum absolute atomic E-state index is 11.9. The van der Waals surface area contributed by atoms with Crippen LogP contribution < -0.4 is 5.32 Å². The highest BCUT2D eigenvalue weighted by Crippen LogP contribution is 2.25. The van der Waals surface area contributed by atoms with Gasteiger partial charge in [0.15, 0.2) is 0 Å². The van der Waals surface area contributed by atoms with Crippen molar-refractivity contribution in [1.29, 1.82) is 5.26 Å². The summed E-state index contributed by atoms with van der Waals surface area (Å²) in [4.78, 5) is 11.9. The number of rotatable bonds is 4. The van der Waals surface area contributed by atoms with Crippen molar-refractivity contribution in [3.8, 4) is 6.07 Å². The minimum atomic E-state index is 0.124. The first kappa shape index (κ1) is 14.0. The Morgan fingerprint density at radius 3 is 2.95 bits per heavy atom. The standard InChI is InChI=1S/C15H18N2OS/c16-10-13-2-1-3-14(8-13)11-17-15(18)9-12-4-6-19-7-5-12/h1-3,8,12H,4-7,9,11H2,(H,17,18). The van der Waals surface area contributed by atoms with Gasteiger partial charge in [-0.2, -0.15) is 17.0 Å². The number of hydrogen-bond donors (Lipinski definition) is 1. The van der Waals surface area contributed by atoms with Crippen molar-refractivity contribution in [2.75, 3.05) is 11.5 Å². The fraction of sp³-hybridized carbons (Fsp3) is 0.467. The zero-order valence-electron chi connectivity index (χ0n) is 10.9. The number of carbonyl (C=O) groups excluding carboxylic acids is 1. The molecule has 0 radical (unpaired) electrons. The average Bonchev–Trinajstić information content (AvgIpc) is 2.46. The number of nitriles is 1. The molecule has 1 aliphatic rings. The number of benzene rings is 1. The van der Waals surface area contributed by atoms with Crippen LogP contribution in [0.15, 0.2) is 24.3 Å². The lowest BCUT2D eigenvalue weighted by molar-refractivity contribution is -0.122. The van der Waals surface area contributed by atoms with Crippen molar-refractivity contribution in [3.63, 3.8) is 0 Å². The summed E-state index contributed by atoms with van der Waals surface area (Å²) in [6, 6.07) is 9.47. The number of nitrogens with zero attached hydrogens (tertiary/aromatic N) is 1. The quantitative estimate of drug-likeness (QED) is 0.918. The van der Waals surface area contributed by atoms with E-state index in [1.54, 1.807) is 6.07 Å². The van der Waals surface area contributed by atoms with E-state index in [2.05, 4.69) is 11.4 Å². The largest absolute Gasteiger partial charge is 0.352 e. The second-order valence-electron chi connectivity index (χ2n) is 4.85. The molecule has 4 heteroatoms. The smallest absolute Gasteiger partial charge is 0.220 e. The van der Waals surface area contributed by atoms with Crippen LogP contribution in [0.5, 0.6) is 0 Å². The number of carbonyl (C=O) groups is 1. The first-order chi connectivity index (χ1) is 9.28. The molecular formula is C15H18N2OS. The molecule has 0 aromatic heterocycles. The zero-order chi connectivity index (χ0) is 13.5. The molecule has 1 amide bonds.